The summed E-state index contributed by atoms with van der Waals surface area (Å²) >= 11 is 17.9. The topological polar surface area (TPSA) is 41.4 Å². The van der Waals surface area contributed by atoms with Crippen molar-refractivity contribution in [1.29, 1.82) is 0 Å². The number of benzene rings is 1. The van der Waals surface area contributed by atoms with Gasteiger partial charge in [-0.2, -0.15) is 9.78 Å². The molecule has 2 fully saturated rings. The largest absolute Gasteiger partial charge is 0.344 e. The average molecular weight is 400 g/mol. The molecular formula is C17H17Cl3N4O. The van der Waals surface area contributed by atoms with Gasteiger partial charge in [-0.05, 0) is 29.5 Å². The molecule has 3 heterocycles. The third kappa shape index (κ3) is 3.51. The van der Waals surface area contributed by atoms with Crippen molar-refractivity contribution in [2.24, 2.45) is 11.8 Å². The van der Waals surface area contributed by atoms with Gasteiger partial charge in [-0.15, -0.1) is 0 Å². The van der Waals surface area contributed by atoms with Crippen LogP contribution in [0.3, 0.4) is 0 Å². The van der Waals surface area contributed by atoms with Gasteiger partial charge in [0.1, 0.15) is 0 Å². The fourth-order valence-corrected chi connectivity index (χ4v) is 4.28. The second-order valence-corrected chi connectivity index (χ2v) is 8.00. The fraction of sp³-hybridized carbons (Fsp3) is 0.412. The zero-order valence-corrected chi connectivity index (χ0v) is 15.7. The van der Waals surface area contributed by atoms with Crippen LogP contribution in [0.5, 0.6) is 0 Å². The maximum Gasteiger partial charge on any atom is 0.344 e. The molecule has 5 nitrogen and oxygen atoms in total. The number of rotatable bonds is 2. The maximum absolute atomic E-state index is 12.5. The van der Waals surface area contributed by atoms with Gasteiger partial charge in [0.2, 0.25) is 0 Å². The smallest absolute Gasteiger partial charge is 0.322 e. The van der Waals surface area contributed by atoms with Crippen LogP contribution < -0.4 is 0 Å². The lowest BCUT2D eigenvalue weighted by molar-refractivity contribution is 0.197. The molecule has 25 heavy (non-hydrogen) atoms. The first-order valence-corrected chi connectivity index (χ1v) is 9.28. The first kappa shape index (κ1) is 17.2. The Bertz CT molecular complexity index is 795. The van der Waals surface area contributed by atoms with Gasteiger partial charge in [0.15, 0.2) is 0 Å². The summed E-state index contributed by atoms with van der Waals surface area (Å²) in [6.07, 6.45) is 3.03. The zero-order valence-electron chi connectivity index (χ0n) is 13.4. The minimum Gasteiger partial charge on any atom is -0.322 e. The Hall–Kier alpha value is -1.27. The zero-order chi connectivity index (χ0) is 17.6. The van der Waals surface area contributed by atoms with Gasteiger partial charge in [0.05, 0.1) is 27.5 Å². The van der Waals surface area contributed by atoms with Gasteiger partial charge in [-0.1, -0.05) is 40.9 Å². The van der Waals surface area contributed by atoms with Gasteiger partial charge < -0.3 is 4.90 Å². The van der Waals surface area contributed by atoms with Crippen LogP contribution in [0.15, 0.2) is 30.6 Å². The lowest BCUT2D eigenvalue weighted by atomic mass is 10.0. The van der Waals surface area contributed by atoms with Crippen LogP contribution in [0, 0.1) is 11.8 Å². The van der Waals surface area contributed by atoms with Gasteiger partial charge in [0, 0.05) is 32.7 Å². The van der Waals surface area contributed by atoms with Crippen LogP contribution in [0.25, 0.3) is 0 Å². The monoisotopic (exact) mass is 398 g/mol. The number of likely N-dealkylation sites (tertiary alicyclic amines) is 2. The number of carbonyl (C=O) groups is 1. The van der Waals surface area contributed by atoms with E-state index in [2.05, 4.69) is 10.00 Å². The number of hydrogen-bond donors (Lipinski definition) is 0. The highest BCUT2D eigenvalue weighted by molar-refractivity contribution is 6.42. The molecule has 2 unspecified atom stereocenters. The minimum atomic E-state index is -0.0997. The van der Waals surface area contributed by atoms with Crippen molar-refractivity contribution in [1.82, 2.24) is 19.6 Å². The van der Waals surface area contributed by atoms with Crippen LogP contribution in [-0.2, 0) is 6.54 Å². The van der Waals surface area contributed by atoms with E-state index in [-0.39, 0.29) is 6.03 Å². The number of nitrogens with zero attached hydrogens (tertiary/aromatic N) is 4. The van der Waals surface area contributed by atoms with Gasteiger partial charge in [-0.3, -0.25) is 4.90 Å². The number of halogens is 3. The van der Waals surface area contributed by atoms with Crippen molar-refractivity contribution in [2.45, 2.75) is 6.54 Å². The number of fused-ring (bicyclic) bond motifs is 1. The van der Waals surface area contributed by atoms with E-state index in [1.165, 1.54) is 10.9 Å². The van der Waals surface area contributed by atoms with Crippen molar-refractivity contribution >= 4 is 40.8 Å². The minimum absolute atomic E-state index is 0.0997. The SMILES string of the molecule is O=C(N1CC2CN(Cc3ccc(Cl)c(Cl)c3)CC2C1)n1cc(Cl)cn1. The number of amides is 1. The second kappa shape index (κ2) is 6.80. The number of carbonyl (C=O) groups excluding carboxylic acids is 1. The van der Waals surface area contributed by atoms with Crippen molar-refractivity contribution in [2.75, 3.05) is 26.2 Å². The van der Waals surface area contributed by atoms with E-state index in [0.29, 0.717) is 26.9 Å². The van der Waals surface area contributed by atoms with Gasteiger partial charge in [-0.25, -0.2) is 4.79 Å². The van der Waals surface area contributed by atoms with E-state index in [1.54, 1.807) is 6.20 Å². The Labute approximate surface area is 161 Å². The van der Waals surface area contributed by atoms with E-state index in [1.807, 2.05) is 23.1 Å². The van der Waals surface area contributed by atoms with E-state index in [4.69, 9.17) is 34.8 Å². The summed E-state index contributed by atoms with van der Waals surface area (Å²) in [6.45, 7) is 4.34. The molecule has 2 aliphatic rings. The Morgan fingerprint density at radius 1 is 1.08 bits per heavy atom. The second-order valence-electron chi connectivity index (χ2n) is 6.75. The summed E-state index contributed by atoms with van der Waals surface area (Å²) in [4.78, 5) is 16.7. The highest BCUT2D eigenvalue weighted by atomic mass is 35.5. The molecule has 4 rings (SSSR count). The summed E-state index contributed by atoms with van der Waals surface area (Å²) in [6, 6.07) is 5.68. The van der Waals surface area contributed by atoms with Gasteiger partial charge >= 0.3 is 6.03 Å². The highest BCUT2D eigenvalue weighted by Crippen LogP contribution is 2.33. The fourth-order valence-electron chi connectivity index (χ4n) is 3.82. The molecule has 0 bridgehead atoms. The molecule has 2 aliphatic heterocycles. The molecule has 1 aromatic carbocycles. The summed E-state index contributed by atoms with van der Waals surface area (Å²) < 4.78 is 1.32. The van der Waals surface area contributed by atoms with Crippen LogP contribution in [0.1, 0.15) is 5.56 Å². The molecule has 2 saturated heterocycles. The highest BCUT2D eigenvalue weighted by Gasteiger charge is 2.41. The van der Waals surface area contributed by atoms with E-state index >= 15 is 0 Å². The molecule has 0 spiro atoms. The molecule has 0 radical (unpaired) electrons. The molecule has 8 heteroatoms. The van der Waals surface area contributed by atoms with Crippen molar-refractivity contribution in [3.8, 4) is 0 Å². The third-order valence-electron chi connectivity index (χ3n) is 4.97. The molecule has 2 aromatic rings. The predicted octanol–water partition coefficient (Wildman–Crippen LogP) is 3.88. The predicted molar refractivity (Wildman–Crippen MR) is 98.3 cm³/mol. The van der Waals surface area contributed by atoms with Gasteiger partial charge in [0.25, 0.3) is 0 Å². The van der Waals surface area contributed by atoms with Crippen LogP contribution in [-0.4, -0.2) is 51.8 Å². The molecule has 132 valence electrons. The van der Waals surface area contributed by atoms with E-state index < -0.39 is 0 Å². The molecule has 0 N–H and O–H groups in total. The molecule has 1 amide bonds. The Balaban J connectivity index is 1.35. The summed E-state index contributed by atoms with van der Waals surface area (Å²) in [5.41, 5.74) is 1.16. The third-order valence-corrected chi connectivity index (χ3v) is 5.90. The number of hydrogen-bond acceptors (Lipinski definition) is 3. The lowest BCUT2D eigenvalue weighted by Crippen LogP contribution is -2.36. The van der Waals surface area contributed by atoms with Crippen LogP contribution in [0.2, 0.25) is 15.1 Å². The molecule has 0 saturated carbocycles. The van der Waals surface area contributed by atoms with Crippen molar-refractivity contribution in [3.63, 3.8) is 0 Å². The molecular weight excluding hydrogens is 383 g/mol. The van der Waals surface area contributed by atoms with E-state index in [0.717, 1.165) is 38.3 Å². The quantitative estimate of drug-likeness (QED) is 0.769. The van der Waals surface area contributed by atoms with Crippen molar-refractivity contribution in [3.05, 3.63) is 51.2 Å². The first-order chi connectivity index (χ1) is 12.0. The standard InChI is InChI=1S/C17H17Cl3N4O/c18-14-4-21-24(10-14)17(25)23-8-12-6-22(7-13(12)9-23)5-11-1-2-15(19)16(20)3-11/h1-4,10,12-13H,5-9H2. The Morgan fingerprint density at radius 3 is 2.40 bits per heavy atom. The van der Waals surface area contributed by atoms with Crippen molar-refractivity contribution < 1.29 is 4.79 Å². The van der Waals surface area contributed by atoms with E-state index in [9.17, 15) is 4.79 Å². The van der Waals surface area contributed by atoms with Crippen LogP contribution >= 0.6 is 34.8 Å². The lowest BCUT2D eigenvalue weighted by Gasteiger charge is -2.21. The maximum atomic E-state index is 12.5. The summed E-state index contributed by atoms with van der Waals surface area (Å²) in [5, 5.41) is 5.64. The number of aromatic nitrogens is 2. The molecule has 2 atom stereocenters. The van der Waals surface area contributed by atoms with Crippen LogP contribution in [0.4, 0.5) is 4.79 Å². The Kier molecular flexibility index (Phi) is 4.67. The average Bonchev–Trinajstić information content (AvgIpc) is 3.25. The molecule has 1 aromatic heterocycles. The Morgan fingerprint density at radius 2 is 1.80 bits per heavy atom. The normalized spacial score (nSPS) is 23.2. The molecule has 0 aliphatic carbocycles. The summed E-state index contributed by atoms with van der Waals surface area (Å²) in [5.74, 6) is 0.996. The summed E-state index contributed by atoms with van der Waals surface area (Å²) in [7, 11) is 0. The first-order valence-electron chi connectivity index (χ1n) is 8.15.